The van der Waals surface area contributed by atoms with Crippen molar-refractivity contribution in [2.45, 2.75) is 41.7 Å². The van der Waals surface area contributed by atoms with Gasteiger partial charge in [-0.2, -0.15) is 0 Å². The fourth-order valence-corrected chi connectivity index (χ4v) is 4.87. The van der Waals surface area contributed by atoms with Crippen LogP contribution in [0.25, 0.3) is 0 Å². The van der Waals surface area contributed by atoms with Crippen LogP contribution in [0.2, 0.25) is 0 Å². The van der Waals surface area contributed by atoms with Gasteiger partial charge in [0.2, 0.25) is 20.0 Å². The smallest absolute Gasteiger partial charge is 0.242 e. The Bertz CT molecular complexity index is 709. The van der Waals surface area contributed by atoms with Crippen molar-refractivity contribution in [2.75, 3.05) is 6.61 Å². The van der Waals surface area contributed by atoms with Crippen LogP contribution in [0.3, 0.4) is 0 Å². The van der Waals surface area contributed by atoms with Crippen LogP contribution in [0.15, 0.2) is 34.1 Å². The standard InChI is InChI=1S/C12H18N2O5S2/c1-2-19-10-7-9(8-10)14-21(17,18)12-6-4-3-5-11(12)20(13,15)16/h3-6,9-10,14H,2,7-8H2,1H3,(H2,13,15,16). The molecule has 9 heteroatoms. The lowest BCUT2D eigenvalue weighted by Crippen LogP contribution is -2.47. The fourth-order valence-electron chi connectivity index (χ4n) is 2.22. The summed E-state index contributed by atoms with van der Waals surface area (Å²) in [6.07, 6.45) is 1.20. The molecular formula is C12H18N2O5S2. The molecule has 3 N–H and O–H groups in total. The van der Waals surface area contributed by atoms with Crippen molar-refractivity contribution in [3.8, 4) is 0 Å². The van der Waals surface area contributed by atoms with Gasteiger partial charge in [-0.15, -0.1) is 0 Å². The largest absolute Gasteiger partial charge is 0.378 e. The molecule has 0 unspecified atom stereocenters. The highest BCUT2D eigenvalue weighted by atomic mass is 32.2. The first-order valence-electron chi connectivity index (χ1n) is 6.50. The Balaban J connectivity index is 2.18. The number of nitrogens with two attached hydrogens (primary N) is 1. The number of sulfonamides is 2. The van der Waals surface area contributed by atoms with Gasteiger partial charge < -0.3 is 4.74 Å². The number of benzene rings is 1. The van der Waals surface area contributed by atoms with Gasteiger partial charge in [-0.1, -0.05) is 12.1 Å². The fraction of sp³-hybridized carbons (Fsp3) is 0.500. The van der Waals surface area contributed by atoms with E-state index in [0.717, 1.165) is 0 Å². The van der Waals surface area contributed by atoms with Gasteiger partial charge in [0, 0.05) is 12.6 Å². The molecule has 0 bridgehead atoms. The topological polar surface area (TPSA) is 116 Å². The molecule has 118 valence electrons. The second kappa shape index (κ2) is 6.01. The van der Waals surface area contributed by atoms with Gasteiger partial charge in [0.15, 0.2) is 0 Å². The summed E-state index contributed by atoms with van der Waals surface area (Å²) in [6, 6.07) is 5.02. The molecule has 1 aliphatic carbocycles. The molecule has 1 saturated carbocycles. The summed E-state index contributed by atoms with van der Waals surface area (Å²) in [5.74, 6) is 0. The maximum Gasteiger partial charge on any atom is 0.242 e. The van der Waals surface area contributed by atoms with Crippen LogP contribution in [-0.4, -0.2) is 35.6 Å². The number of rotatable bonds is 6. The number of nitrogens with one attached hydrogen (secondary N) is 1. The molecule has 1 fully saturated rings. The van der Waals surface area contributed by atoms with Crippen LogP contribution in [0.4, 0.5) is 0 Å². The Hall–Kier alpha value is -1.00. The molecule has 2 rings (SSSR count). The Labute approximate surface area is 124 Å². The minimum Gasteiger partial charge on any atom is -0.378 e. The normalized spacial score (nSPS) is 22.8. The lowest BCUT2D eigenvalue weighted by atomic mass is 9.90. The van der Waals surface area contributed by atoms with Gasteiger partial charge in [-0.3, -0.25) is 0 Å². The van der Waals surface area contributed by atoms with Crippen molar-refractivity contribution >= 4 is 20.0 Å². The molecule has 7 nitrogen and oxygen atoms in total. The van der Waals surface area contributed by atoms with Gasteiger partial charge in [-0.05, 0) is 31.9 Å². The van der Waals surface area contributed by atoms with Gasteiger partial charge in [0.1, 0.15) is 9.79 Å². The first-order valence-corrected chi connectivity index (χ1v) is 9.52. The zero-order chi connectivity index (χ0) is 15.7. The maximum atomic E-state index is 12.3. The van der Waals surface area contributed by atoms with Crippen molar-refractivity contribution in [1.82, 2.24) is 4.72 Å². The van der Waals surface area contributed by atoms with Gasteiger partial charge in [0.05, 0.1) is 6.10 Å². The third-order valence-corrected chi connectivity index (χ3v) is 5.94. The minimum atomic E-state index is -4.10. The van der Waals surface area contributed by atoms with Crippen molar-refractivity contribution < 1.29 is 21.6 Å². The SMILES string of the molecule is CCOC1CC(NS(=O)(=O)c2ccccc2S(N)(=O)=O)C1. The molecular weight excluding hydrogens is 316 g/mol. The zero-order valence-electron chi connectivity index (χ0n) is 11.5. The molecule has 1 aromatic carbocycles. The molecule has 0 amide bonds. The highest BCUT2D eigenvalue weighted by Gasteiger charge is 2.34. The van der Waals surface area contributed by atoms with Crippen molar-refractivity contribution in [2.24, 2.45) is 5.14 Å². The first kappa shape index (κ1) is 16.4. The summed E-state index contributed by atoms with van der Waals surface area (Å²) >= 11 is 0. The Kier molecular flexibility index (Phi) is 4.69. The summed E-state index contributed by atoms with van der Waals surface area (Å²) in [6.45, 7) is 2.46. The second-order valence-electron chi connectivity index (χ2n) is 4.86. The molecule has 0 spiro atoms. The Morgan fingerprint density at radius 1 is 1.19 bits per heavy atom. The predicted octanol–water partition coefficient (Wildman–Crippen LogP) is 0.180. The highest BCUT2D eigenvalue weighted by Crippen LogP contribution is 2.26. The Morgan fingerprint density at radius 3 is 2.29 bits per heavy atom. The second-order valence-corrected chi connectivity index (χ2v) is 8.07. The third-order valence-electron chi connectivity index (χ3n) is 3.26. The first-order chi connectivity index (χ1) is 9.74. The van der Waals surface area contributed by atoms with E-state index in [1.807, 2.05) is 6.92 Å². The molecule has 1 aliphatic rings. The van der Waals surface area contributed by atoms with Crippen molar-refractivity contribution in [3.63, 3.8) is 0 Å². The third kappa shape index (κ3) is 3.80. The summed E-state index contributed by atoms with van der Waals surface area (Å²) < 4.78 is 55.4. The van der Waals surface area contributed by atoms with E-state index in [1.54, 1.807) is 0 Å². The minimum absolute atomic E-state index is 0.0520. The summed E-state index contributed by atoms with van der Waals surface area (Å²) in [7, 11) is -8.04. The van der Waals surface area contributed by atoms with Crippen LogP contribution < -0.4 is 9.86 Å². The van der Waals surface area contributed by atoms with E-state index in [0.29, 0.717) is 19.4 Å². The summed E-state index contributed by atoms with van der Waals surface area (Å²) in [5.41, 5.74) is 0. The average Bonchev–Trinajstić information content (AvgIpc) is 2.35. The van der Waals surface area contributed by atoms with Crippen molar-refractivity contribution in [3.05, 3.63) is 24.3 Å². The molecule has 0 heterocycles. The highest BCUT2D eigenvalue weighted by molar-refractivity contribution is 7.92. The van der Waals surface area contributed by atoms with Crippen LogP contribution in [0.5, 0.6) is 0 Å². The maximum absolute atomic E-state index is 12.3. The molecule has 0 saturated heterocycles. The van der Waals surface area contributed by atoms with Gasteiger partial charge >= 0.3 is 0 Å². The monoisotopic (exact) mass is 334 g/mol. The van der Waals surface area contributed by atoms with E-state index in [2.05, 4.69) is 4.72 Å². The van der Waals surface area contributed by atoms with E-state index in [4.69, 9.17) is 9.88 Å². The van der Waals surface area contributed by atoms with E-state index < -0.39 is 24.9 Å². The number of hydrogen-bond donors (Lipinski definition) is 2. The quantitative estimate of drug-likeness (QED) is 0.770. The number of primary sulfonamides is 1. The average molecular weight is 334 g/mol. The molecule has 0 atom stereocenters. The van der Waals surface area contributed by atoms with E-state index in [9.17, 15) is 16.8 Å². The summed E-state index contributed by atoms with van der Waals surface area (Å²) in [4.78, 5) is -0.731. The molecule has 0 radical (unpaired) electrons. The van der Waals surface area contributed by atoms with Crippen LogP contribution in [0, 0.1) is 0 Å². The van der Waals surface area contributed by atoms with E-state index in [1.165, 1.54) is 24.3 Å². The number of hydrogen-bond acceptors (Lipinski definition) is 5. The Morgan fingerprint density at radius 2 is 1.76 bits per heavy atom. The molecule has 0 aromatic heterocycles. The van der Waals surface area contributed by atoms with E-state index in [-0.39, 0.29) is 17.0 Å². The predicted molar refractivity (Wildman–Crippen MR) is 76.6 cm³/mol. The van der Waals surface area contributed by atoms with Gasteiger partial charge in [-0.25, -0.2) is 26.7 Å². The van der Waals surface area contributed by atoms with Crippen LogP contribution in [0.1, 0.15) is 19.8 Å². The summed E-state index contributed by atoms with van der Waals surface area (Å²) in [5, 5.41) is 5.05. The van der Waals surface area contributed by atoms with Crippen LogP contribution >= 0.6 is 0 Å². The van der Waals surface area contributed by atoms with Gasteiger partial charge in [0.25, 0.3) is 0 Å². The lowest BCUT2D eigenvalue weighted by molar-refractivity contribution is -0.00476. The molecule has 0 aliphatic heterocycles. The zero-order valence-corrected chi connectivity index (χ0v) is 13.2. The van der Waals surface area contributed by atoms with Crippen LogP contribution in [-0.2, 0) is 24.8 Å². The van der Waals surface area contributed by atoms with E-state index >= 15 is 0 Å². The number of ether oxygens (including phenoxy) is 1. The lowest BCUT2D eigenvalue weighted by Gasteiger charge is -2.35. The molecule has 21 heavy (non-hydrogen) atoms. The molecule has 1 aromatic rings. The van der Waals surface area contributed by atoms with Crippen molar-refractivity contribution in [1.29, 1.82) is 0 Å².